The third-order valence-corrected chi connectivity index (χ3v) is 5.30. The molecule has 0 saturated carbocycles. The first-order valence-corrected chi connectivity index (χ1v) is 8.15. The lowest BCUT2D eigenvalue weighted by atomic mass is 9.75. The molecule has 5 rings (SSSR count). The summed E-state index contributed by atoms with van der Waals surface area (Å²) in [5.74, 6) is 1.79. The summed E-state index contributed by atoms with van der Waals surface area (Å²) in [6.45, 7) is 7.31. The van der Waals surface area contributed by atoms with Crippen LogP contribution in [0.2, 0.25) is 0 Å². The van der Waals surface area contributed by atoms with Crippen LogP contribution in [-0.4, -0.2) is 35.5 Å². The molecule has 4 heteroatoms. The molecule has 3 saturated heterocycles. The van der Waals surface area contributed by atoms with Gasteiger partial charge < -0.3 is 14.6 Å². The third-order valence-electron chi connectivity index (χ3n) is 5.30. The Morgan fingerprint density at radius 3 is 2.73 bits per heavy atom. The first-order valence-electron chi connectivity index (χ1n) is 8.15. The van der Waals surface area contributed by atoms with Gasteiger partial charge in [-0.15, -0.1) is 0 Å². The van der Waals surface area contributed by atoms with Crippen LogP contribution in [0.15, 0.2) is 18.2 Å². The standard InChI is InChI=1S/C18H22N2O2/c1-11-18(16-10-20-7-5-13(16)6-8-20)15-4-3-14(22-12(2)21)9-17(15)19-11/h3-4,9,13,16,19H,5-8,10H2,1-2H3. The number of piperidine rings is 3. The zero-order chi connectivity index (χ0) is 15.3. The van der Waals surface area contributed by atoms with Crippen LogP contribution in [-0.2, 0) is 4.79 Å². The molecule has 0 amide bonds. The maximum absolute atomic E-state index is 11.1. The van der Waals surface area contributed by atoms with Crippen LogP contribution in [0.4, 0.5) is 0 Å². The summed E-state index contributed by atoms with van der Waals surface area (Å²) in [5, 5.41) is 1.28. The average molecular weight is 298 g/mol. The molecular weight excluding hydrogens is 276 g/mol. The predicted molar refractivity (Wildman–Crippen MR) is 86.2 cm³/mol. The molecule has 116 valence electrons. The predicted octanol–water partition coefficient (Wildman–Crippen LogP) is 3.21. The van der Waals surface area contributed by atoms with E-state index in [1.165, 1.54) is 56.0 Å². The van der Waals surface area contributed by atoms with Crippen molar-refractivity contribution in [2.45, 2.75) is 32.6 Å². The van der Waals surface area contributed by atoms with Crippen molar-refractivity contribution in [2.24, 2.45) is 5.92 Å². The smallest absolute Gasteiger partial charge is 0.308 e. The van der Waals surface area contributed by atoms with Crippen molar-refractivity contribution in [3.8, 4) is 5.75 Å². The SMILES string of the molecule is CC(=O)Oc1ccc2c(C3CN4CCC3CC4)c(C)[nH]c2c1. The van der Waals surface area contributed by atoms with Gasteiger partial charge in [0.2, 0.25) is 0 Å². The number of H-pyrrole nitrogens is 1. The first-order chi connectivity index (χ1) is 10.6. The van der Waals surface area contributed by atoms with Gasteiger partial charge in [0.05, 0.1) is 0 Å². The number of fused-ring (bicyclic) bond motifs is 4. The second-order valence-electron chi connectivity index (χ2n) is 6.71. The number of benzene rings is 1. The van der Waals surface area contributed by atoms with Gasteiger partial charge in [-0.3, -0.25) is 4.79 Å². The van der Waals surface area contributed by atoms with Crippen molar-refractivity contribution in [3.05, 3.63) is 29.5 Å². The molecule has 1 aromatic heterocycles. The summed E-state index contributed by atoms with van der Waals surface area (Å²) in [6.07, 6.45) is 2.64. The summed E-state index contributed by atoms with van der Waals surface area (Å²) in [6, 6.07) is 5.94. The minimum Gasteiger partial charge on any atom is -0.427 e. The van der Waals surface area contributed by atoms with Crippen molar-refractivity contribution in [2.75, 3.05) is 19.6 Å². The number of rotatable bonds is 2. The van der Waals surface area contributed by atoms with Gasteiger partial charge in [0.1, 0.15) is 5.75 Å². The van der Waals surface area contributed by atoms with Crippen molar-refractivity contribution in [3.63, 3.8) is 0 Å². The van der Waals surface area contributed by atoms with Crippen molar-refractivity contribution < 1.29 is 9.53 Å². The van der Waals surface area contributed by atoms with Crippen LogP contribution in [0.3, 0.4) is 0 Å². The summed E-state index contributed by atoms with van der Waals surface area (Å²) < 4.78 is 5.20. The number of hydrogen-bond donors (Lipinski definition) is 1. The lowest BCUT2D eigenvalue weighted by molar-refractivity contribution is -0.131. The highest BCUT2D eigenvalue weighted by molar-refractivity contribution is 5.87. The molecular formula is C18H22N2O2. The zero-order valence-corrected chi connectivity index (χ0v) is 13.2. The minimum absolute atomic E-state index is 0.278. The summed E-state index contributed by atoms with van der Waals surface area (Å²) in [7, 11) is 0. The second-order valence-corrected chi connectivity index (χ2v) is 6.71. The zero-order valence-electron chi connectivity index (χ0n) is 13.2. The van der Waals surface area contributed by atoms with Crippen LogP contribution >= 0.6 is 0 Å². The second kappa shape index (κ2) is 5.13. The molecule has 0 spiro atoms. The van der Waals surface area contributed by atoms with E-state index >= 15 is 0 Å². The molecule has 0 aliphatic carbocycles. The number of aromatic nitrogens is 1. The largest absolute Gasteiger partial charge is 0.427 e. The quantitative estimate of drug-likeness (QED) is 0.684. The van der Waals surface area contributed by atoms with Gasteiger partial charge >= 0.3 is 5.97 Å². The van der Waals surface area contributed by atoms with E-state index in [1.54, 1.807) is 0 Å². The Morgan fingerprint density at radius 1 is 1.32 bits per heavy atom. The van der Waals surface area contributed by atoms with E-state index in [2.05, 4.69) is 22.9 Å². The molecule has 1 unspecified atom stereocenters. The highest BCUT2D eigenvalue weighted by Gasteiger charge is 2.36. The Hall–Kier alpha value is -1.81. The number of nitrogens with one attached hydrogen (secondary N) is 1. The maximum Gasteiger partial charge on any atom is 0.308 e. The van der Waals surface area contributed by atoms with E-state index in [9.17, 15) is 4.79 Å². The van der Waals surface area contributed by atoms with Crippen LogP contribution in [0.25, 0.3) is 10.9 Å². The number of esters is 1. The van der Waals surface area contributed by atoms with Crippen LogP contribution in [0, 0.1) is 12.8 Å². The van der Waals surface area contributed by atoms with Crippen molar-refractivity contribution in [1.29, 1.82) is 0 Å². The normalized spacial score (nSPS) is 27.3. The van der Waals surface area contributed by atoms with Crippen molar-refractivity contribution in [1.82, 2.24) is 9.88 Å². The molecule has 2 aromatic rings. The average Bonchev–Trinajstić information content (AvgIpc) is 2.82. The fourth-order valence-corrected chi connectivity index (χ4v) is 4.33. The molecule has 4 heterocycles. The Kier molecular flexibility index (Phi) is 3.22. The number of ether oxygens (including phenoxy) is 1. The molecule has 22 heavy (non-hydrogen) atoms. The number of hydrogen-bond acceptors (Lipinski definition) is 3. The van der Waals surface area contributed by atoms with Gasteiger partial charge in [-0.25, -0.2) is 0 Å². The van der Waals surface area contributed by atoms with Gasteiger partial charge in [0.25, 0.3) is 0 Å². The summed E-state index contributed by atoms with van der Waals surface area (Å²) in [4.78, 5) is 17.2. The molecule has 4 nitrogen and oxygen atoms in total. The first kappa shape index (κ1) is 13.8. The topological polar surface area (TPSA) is 45.3 Å². The Balaban J connectivity index is 1.75. The van der Waals surface area contributed by atoms with Crippen LogP contribution in [0.1, 0.15) is 36.9 Å². The number of aryl methyl sites for hydroxylation is 1. The summed E-state index contributed by atoms with van der Waals surface area (Å²) in [5.41, 5.74) is 3.80. The van der Waals surface area contributed by atoms with Crippen LogP contribution in [0.5, 0.6) is 5.75 Å². The van der Waals surface area contributed by atoms with Gasteiger partial charge in [-0.05, 0) is 56.5 Å². The third kappa shape index (κ3) is 2.22. The van der Waals surface area contributed by atoms with E-state index < -0.39 is 0 Å². The highest BCUT2D eigenvalue weighted by atomic mass is 16.5. The van der Waals surface area contributed by atoms with Gasteiger partial charge in [0, 0.05) is 42.0 Å². The Bertz CT molecular complexity index is 726. The fraction of sp³-hybridized carbons (Fsp3) is 0.500. The van der Waals surface area contributed by atoms with Crippen molar-refractivity contribution >= 4 is 16.9 Å². The molecule has 3 aliphatic heterocycles. The van der Waals surface area contributed by atoms with E-state index in [4.69, 9.17) is 4.74 Å². The molecule has 3 fully saturated rings. The lowest BCUT2D eigenvalue weighted by Crippen LogP contribution is -2.46. The van der Waals surface area contributed by atoms with Gasteiger partial charge in [-0.2, -0.15) is 0 Å². The highest BCUT2D eigenvalue weighted by Crippen LogP contribution is 2.43. The number of nitrogens with zero attached hydrogens (tertiary/aromatic N) is 1. The monoisotopic (exact) mass is 298 g/mol. The van der Waals surface area contributed by atoms with E-state index in [0.29, 0.717) is 11.7 Å². The maximum atomic E-state index is 11.1. The molecule has 2 bridgehead atoms. The number of aromatic amines is 1. The lowest BCUT2D eigenvalue weighted by Gasteiger charge is -2.45. The van der Waals surface area contributed by atoms with E-state index in [-0.39, 0.29) is 5.97 Å². The van der Waals surface area contributed by atoms with E-state index in [1.807, 2.05) is 12.1 Å². The molecule has 1 N–H and O–H groups in total. The molecule has 1 atom stereocenters. The number of carbonyl (C=O) groups excluding carboxylic acids is 1. The minimum atomic E-state index is -0.278. The van der Waals surface area contributed by atoms with Crippen LogP contribution < -0.4 is 4.74 Å². The van der Waals surface area contributed by atoms with Gasteiger partial charge in [0.15, 0.2) is 0 Å². The Labute approximate surface area is 130 Å². The molecule has 3 aliphatic rings. The number of carbonyl (C=O) groups is 1. The summed E-state index contributed by atoms with van der Waals surface area (Å²) >= 11 is 0. The van der Waals surface area contributed by atoms with Gasteiger partial charge in [-0.1, -0.05) is 0 Å². The Morgan fingerprint density at radius 2 is 2.09 bits per heavy atom. The molecule has 1 aromatic carbocycles. The molecule has 0 radical (unpaired) electrons. The van der Waals surface area contributed by atoms with E-state index in [0.717, 1.165) is 11.4 Å². The fourth-order valence-electron chi connectivity index (χ4n) is 4.33.